The Labute approximate surface area is 107 Å². The zero-order chi connectivity index (χ0) is 14.0. The molecule has 0 bridgehead atoms. The van der Waals surface area contributed by atoms with Gasteiger partial charge in [-0.05, 0) is 24.3 Å². The van der Waals surface area contributed by atoms with E-state index in [2.05, 4.69) is 5.32 Å². The second-order valence-corrected chi connectivity index (χ2v) is 3.79. The van der Waals surface area contributed by atoms with E-state index in [1.165, 1.54) is 18.2 Å². The Hall–Kier alpha value is -2.63. The van der Waals surface area contributed by atoms with Gasteiger partial charge in [0.05, 0.1) is 5.69 Å². The first-order valence-corrected chi connectivity index (χ1v) is 5.33. The van der Waals surface area contributed by atoms with Crippen LogP contribution in [0.15, 0.2) is 36.4 Å². The minimum Gasteiger partial charge on any atom is -0.507 e. The van der Waals surface area contributed by atoms with Crippen molar-refractivity contribution in [1.82, 2.24) is 0 Å². The van der Waals surface area contributed by atoms with Crippen LogP contribution in [0, 0.1) is 11.6 Å². The number of aromatic hydroxyl groups is 1. The number of benzene rings is 2. The fraction of sp³-hybridized carbons (Fsp3) is 0. The van der Waals surface area contributed by atoms with E-state index in [0.717, 1.165) is 18.2 Å². The van der Waals surface area contributed by atoms with Gasteiger partial charge in [0.1, 0.15) is 28.6 Å². The fourth-order valence-electron chi connectivity index (χ4n) is 1.59. The molecule has 19 heavy (non-hydrogen) atoms. The van der Waals surface area contributed by atoms with Gasteiger partial charge in [-0.2, -0.15) is 0 Å². The number of hydrogen-bond acceptors (Lipinski definition) is 3. The number of rotatable bonds is 2. The summed E-state index contributed by atoms with van der Waals surface area (Å²) in [7, 11) is 0. The van der Waals surface area contributed by atoms with Gasteiger partial charge in [0.25, 0.3) is 5.91 Å². The van der Waals surface area contributed by atoms with Crippen molar-refractivity contribution in [3.05, 3.63) is 53.6 Å². The van der Waals surface area contributed by atoms with E-state index >= 15 is 0 Å². The largest absolute Gasteiger partial charge is 0.507 e. The highest BCUT2D eigenvalue weighted by molar-refractivity contribution is 6.07. The number of carbonyl (C=O) groups excluding carboxylic acids is 1. The highest BCUT2D eigenvalue weighted by Crippen LogP contribution is 2.25. The third kappa shape index (κ3) is 2.47. The first-order valence-electron chi connectivity index (χ1n) is 5.33. The minimum atomic E-state index is -0.979. The molecule has 0 unspecified atom stereocenters. The molecule has 4 N–H and O–H groups in total. The summed E-state index contributed by atoms with van der Waals surface area (Å²) in [6.45, 7) is 0. The summed E-state index contributed by atoms with van der Waals surface area (Å²) >= 11 is 0. The standard InChI is InChI=1S/C13H10F2N2O2/c14-7-3-2-6-10(18)11(7)13(19)17-12-8(15)4-1-5-9(12)16/h1-6,18H,16H2,(H,17,19). The van der Waals surface area contributed by atoms with Crippen molar-refractivity contribution in [1.29, 1.82) is 0 Å². The van der Waals surface area contributed by atoms with Crippen molar-refractivity contribution >= 4 is 17.3 Å². The summed E-state index contributed by atoms with van der Waals surface area (Å²) in [4.78, 5) is 11.8. The summed E-state index contributed by atoms with van der Waals surface area (Å²) in [5.41, 5.74) is 4.70. The molecule has 1 amide bonds. The number of phenolic OH excluding ortho intramolecular Hbond substituents is 1. The Morgan fingerprint density at radius 1 is 1.11 bits per heavy atom. The average Bonchev–Trinajstić information content (AvgIpc) is 2.34. The molecule has 0 spiro atoms. The smallest absolute Gasteiger partial charge is 0.262 e. The molecule has 2 rings (SSSR count). The number of anilines is 2. The topological polar surface area (TPSA) is 75.3 Å². The number of nitrogens with two attached hydrogens (primary N) is 1. The monoisotopic (exact) mass is 264 g/mol. The van der Waals surface area contributed by atoms with Crippen molar-refractivity contribution in [2.75, 3.05) is 11.1 Å². The molecule has 4 nitrogen and oxygen atoms in total. The second kappa shape index (κ2) is 4.93. The van der Waals surface area contributed by atoms with Crippen LogP contribution in [0.3, 0.4) is 0 Å². The van der Waals surface area contributed by atoms with Gasteiger partial charge in [-0.1, -0.05) is 12.1 Å². The van der Waals surface area contributed by atoms with Crippen LogP contribution in [0.4, 0.5) is 20.2 Å². The van der Waals surface area contributed by atoms with E-state index in [0.29, 0.717) is 0 Å². The molecule has 0 radical (unpaired) electrons. The first kappa shape index (κ1) is 12.8. The number of nitrogens with one attached hydrogen (secondary N) is 1. The van der Waals surface area contributed by atoms with E-state index < -0.39 is 28.9 Å². The number of halogens is 2. The Balaban J connectivity index is 2.37. The Morgan fingerprint density at radius 2 is 1.74 bits per heavy atom. The SMILES string of the molecule is Nc1cccc(F)c1NC(=O)c1c(O)cccc1F. The van der Waals surface area contributed by atoms with E-state index in [1.54, 1.807) is 0 Å². The maximum atomic E-state index is 13.5. The van der Waals surface area contributed by atoms with Gasteiger partial charge in [-0.15, -0.1) is 0 Å². The number of para-hydroxylation sites is 1. The zero-order valence-corrected chi connectivity index (χ0v) is 9.65. The number of hydrogen-bond donors (Lipinski definition) is 3. The second-order valence-electron chi connectivity index (χ2n) is 3.79. The van der Waals surface area contributed by atoms with E-state index in [-0.39, 0.29) is 11.4 Å². The van der Waals surface area contributed by atoms with Crippen LogP contribution in [0.2, 0.25) is 0 Å². The van der Waals surface area contributed by atoms with Crippen LogP contribution < -0.4 is 11.1 Å². The highest BCUT2D eigenvalue weighted by Gasteiger charge is 2.18. The quantitative estimate of drug-likeness (QED) is 0.729. The molecule has 0 aliphatic heterocycles. The van der Waals surface area contributed by atoms with Crippen molar-refractivity contribution in [3.8, 4) is 5.75 Å². The molecule has 6 heteroatoms. The summed E-state index contributed by atoms with van der Waals surface area (Å²) in [5, 5.41) is 11.6. The molecule has 0 aromatic heterocycles. The van der Waals surface area contributed by atoms with Gasteiger partial charge < -0.3 is 16.2 Å². The van der Waals surface area contributed by atoms with Crippen molar-refractivity contribution in [2.45, 2.75) is 0 Å². The summed E-state index contributed by atoms with van der Waals surface area (Å²) in [6, 6.07) is 7.29. The number of amides is 1. The Bertz CT molecular complexity index is 604. The third-order valence-electron chi connectivity index (χ3n) is 2.50. The lowest BCUT2D eigenvalue weighted by Crippen LogP contribution is -2.16. The lowest BCUT2D eigenvalue weighted by Gasteiger charge is -2.10. The van der Waals surface area contributed by atoms with Gasteiger partial charge >= 0.3 is 0 Å². The van der Waals surface area contributed by atoms with Crippen LogP contribution in [0.5, 0.6) is 5.75 Å². The average molecular weight is 264 g/mol. The first-order chi connectivity index (χ1) is 9.00. The zero-order valence-electron chi connectivity index (χ0n) is 9.65. The summed E-state index contributed by atoms with van der Waals surface area (Å²) in [6.07, 6.45) is 0. The van der Waals surface area contributed by atoms with Crippen molar-refractivity contribution in [3.63, 3.8) is 0 Å². The molecule has 0 aliphatic carbocycles. The molecular weight excluding hydrogens is 254 g/mol. The normalized spacial score (nSPS) is 10.2. The molecule has 2 aromatic carbocycles. The molecule has 98 valence electrons. The van der Waals surface area contributed by atoms with Gasteiger partial charge in [-0.3, -0.25) is 4.79 Å². The number of phenols is 1. The minimum absolute atomic E-state index is 0.00387. The molecule has 0 heterocycles. The number of nitrogen functional groups attached to an aromatic ring is 1. The highest BCUT2D eigenvalue weighted by atomic mass is 19.1. The van der Waals surface area contributed by atoms with Crippen LogP contribution in [-0.4, -0.2) is 11.0 Å². The van der Waals surface area contributed by atoms with Gasteiger partial charge in [0.15, 0.2) is 0 Å². The lowest BCUT2D eigenvalue weighted by molar-refractivity contribution is 0.102. The van der Waals surface area contributed by atoms with E-state index in [1.807, 2.05) is 0 Å². The predicted octanol–water partition coefficient (Wildman–Crippen LogP) is 2.50. The van der Waals surface area contributed by atoms with Crippen LogP contribution >= 0.6 is 0 Å². The molecule has 0 saturated carbocycles. The van der Waals surface area contributed by atoms with Crippen molar-refractivity contribution in [2.24, 2.45) is 0 Å². The Kier molecular flexibility index (Phi) is 3.33. The third-order valence-corrected chi connectivity index (χ3v) is 2.50. The van der Waals surface area contributed by atoms with Gasteiger partial charge in [0, 0.05) is 0 Å². The van der Waals surface area contributed by atoms with Crippen LogP contribution in [0.1, 0.15) is 10.4 Å². The maximum Gasteiger partial charge on any atom is 0.262 e. The van der Waals surface area contributed by atoms with Crippen LogP contribution in [0.25, 0.3) is 0 Å². The van der Waals surface area contributed by atoms with Gasteiger partial charge in [-0.25, -0.2) is 8.78 Å². The summed E-state index contributed by atoms with van der Waals surface area (Å²) in [5.74, 6) is -3.17. The van der Waals surface area contributed by atoms with Crippen molar-refractivity contribution < 1.29 is 18.7 Å². The molecule has 0 atom stereocenters. The molecule has 0 aliphatic rings. The molecule has 0 fully saturated rings. The molecule has 0 saturated heterocycles. The van der Waals surface area contributed by atoms with Gasteiger partial charge in [0.2, 0.25) is 0 Å². The van der Waals surface area contributed by atoms with E-state index in [4.69, 9.17) is 5.73 Å². The lowest BCUT2D eigenvalue weighted by atomic mass is 10.1. The molecular formula is C13H10F2N2O2. The predicted molar refractivity (Wildman–Crippen MR) is 66.8 cm³/mol. The van der Waals surface area contributed by atoms with E-state index in [9.17, 15) is 18.7 Å². The summed E-state index contributed by atoms with van der Waals surface area (Å²) < 4.78 is 26.9. The van der Waals surface area contributed by atoms with Crippen LogP contribution in [-0.2, 0) is 0 Å². The Morgan fingerprint density at radius 3 is 2.37 bits per heavy atom. The maximum absolute atomic E-state index is 13.5. The molecule has 2 aromatic rings. The number of carbonyl (C=O) groups is 1. The fourth-order valence-corrected chi connectivity index (χ4v) is 1.59.